The van der Waals surface area contributed by atoms with E-state index in [0.717, 1.165) is 22.9 Å². The van der Waals surface area contributed by atoms with Gasteiger partial charge in [-0.1, -0.05) is 36.0 Å². The van der Waals surface area contributed by atoms with Crippen LogP contribution in [0.15, 0.2) is 89.6 Å². The minimum absolute atomic E-state index is 0.0899. The molecule has 2 aromatic carbocycles. The molecule has 16 heteroatoms. The smallest absolute Gasteiger partial charge is 0.406 e. The number of halogens is 4. The van der Waals surface area contributed by atoms with Gasteiger partial charge in [-0.3, -0.25) is 9.69 Å². The molecule has 0 spiro atoms. The number of benzene rings is 2. The summed E-state index contributed by atoms with van der Waals surface area (Å²) in [5, 5.41) is 6.91. The van der Waals surface area contributed by atoms with Crippen LogP contribution in [-0.2, 0) is 16.1 Å². The van der Waals surface area contributed by atoms with E-state index in [2.05, 4.69) is 25.1 Å². The van der Waals surface area contributed by atoms with Gasteiger partial charge in [0.05, 0.1) is 29.4 Å². The van der Waals surface area contributed by atoms with Crippen molar-refractivity contribution < 1.29 is 36.6 Å². The quantitative estimate of drug-likeness (QED) is 0.189. The Balaban J connectivity index is 1.39. The number of urea groups is 1. The third-order valence-corrected chi connectivity index (χ3v) is 7.46. The monoisotopic (exact) mass is 673 g/mol. The van der Waals surface area contributed by atoms with Crippen LogP contribution in [0, 0.1) is 6.92 Å². The van der Waals surface area contributed by atoms with E-state index in [4.69, 9.17) is 4.74 Å². The van der Waals surface area contributed by atoms with Crippen LogP contribution in [-0.4, -0.2) is 64.7 Å². The zero-order valence-electron chi connectivity index (χ0n) is 25.8. The topological polar surface area (TPSA) is 114 Å². The van der Waals surface area contributed by atoms with Gasteiger partial charge in [-0.05, 0) is 61.4 Å². The molecule has 2 heterocycles. The van der Waals surface area contributed by atoms with Crippen molar-refractivity contribution >= 4 is 40.5 Å². The fourth-order valence-corrected chi connectivity index (χ4v) is 5.18. The average Bonchev–Trinajstić information content (AvgIpc) is 3.66. The molecule has 4 rings (SSSR count). The average molecular weight is 674 g/mol. The molecule has 0 atom stereocenters. The van der Waals surface area contributed by atoms with Crippen molar-refractivity contribution in [1.29, 1.82) is 0 Å². The van der Waals surface area contributed by atoms with Crippen molar-refractivity contribution in [2.45, 2.75) is 26.8 Å². The van der Waals surface area contributed by atoms with E-state index >= 15 is 0 Å². The van der Waals surface area contributed by atoms with Gasteiger partial charge in [-0.25, -0.2) is 13.9 Å². The molecule has 3 aromatic rings. The lowest BCUT2D eigenvalue weighted by molar-refractivity contribution is -0.274. The normalized spacial score (nSPS) is 15.2. The summed E-state index contributed by atoms with van der Waals surface area (Å²) in [6, 6.07) is 9.83. The summed E-state index contributed by atoms with van der Waals surface area (Å²) in [5.41, 5.74) is 3.22. The molecule has 3 amide bonds. The molecule has 0 radical (unpaired) electrons. The number of hydrogen-bond acceptors (Lipinski definition) is 8. The Morgan fingerprint density at radius 1 is 1.19 bits per heavy atom. The predicted molar refractivity (Wildman–Crippen MR) is 171 cm³/mol. The second kappa shape index (κ2) is 15.6. The largest absolute Gasteiger partial charge is 0.573 e. The van der Waals surface area contributed by atoms with E-state index in [0.29, 0.717) is 29.4 Å². The third kappa shape index (κ3) is 9.52. The highest BCUT2D eigenvalue weighted by Crippen LogP contribution is 2.31. The maximum Gasteiger partial charge on any atom is 0.573 e. The maximum atomic E-state index is 13.8. The van der Waals surface area contributed by atoms with Crippen LogP contribution in [0.4, 0.5) is 34.0 Å². The molecule has 1 aliphatic heterocycles. The van der Waals surface area contributed by atoms with Crippen LogP contribution in [0.3, 0.4) is 0 Å². The predicted octanol–water partition coefficient (Wildman–Crippen LogP) is 6.22. The zero-order chi connectivity index (χ0) is 34.1. The van der Waals surface area contributed by atoms with Crippen molar-refractivity contribution in [3.63, 3.8) is 0 Å². The number of likely N-dealkylation sites (N-methyl/N-ethyl adjacent to an activating group) is 1. The molecular formula is C31H31F4N7O4S. The van der Waals surface area contributed by atoms with E-state index in [9.17, 15) is 27.2 Å². The van der Waals surface area contributed by atoms with Crippen LogP contribution in [0.2, 0.25) is 0 Å². The van der Waals surface area contributed by atoms with Gasteiger partial charge in [-0.2, -0.15) is 9.98 Å². The Labute approximate surface area is 272 Å². The number of carbonyl (C=O) groups is 2. The van der Waals surface area contributed by atoms with Crippen molar-refractivity contribution in [2.24, 2.45) is 4.99 Å². The lowest BCUT2D eigenvalue weighted by atomic mass is 10.1. The summed E-state index contributed by atoms with van der Waals surface area (Å²) >= 11 is 1.10. The van der Waals surface area contributed by atoms with Gasteiger partial charge in [0.25, 0.3) is 0 Å². The summed E-state index contributed by atoms with van der Waals surface area (Å²) < 4.78 is 61.6. The number of rotatable bonds is 11. The third-order valence-electron chi connectivity index (χ3n) is 6.54. The maximum absolute atomic E-state index is 13.8. The van der Waals surface area contributed by atoms with Crippen LogP contribution >= 0.6 is 11.8 Å². The second-order valence-corrected chi connectivity index (χ2v) is 11.0. The molecule has 1 saturated heterocycles. The Morgan fingerprint density at radius 2 is 1.94 bits per heavy atom. The highest BCUT2D eigenvalue weighted by molar-refractivity contribution is 8.15. The van der Waals surface area contributed by atoms with Gasteiger partial charge in [0.2, 0.25) is 11.9 Å². The Morgan fingerprint density at radius 3 is 2.60 bits per heavy atom. The van der Waals surface area contributed by atoms with E-state index < -0.39 is 12.4 Å². The SMILES string of the molecule is C\C=C(/C=C\C(=C\F)NC(=O)/N=C1\SCC(=O)N1c1cc(C)ccc1COC)CN(C)c1ncn(-c2ccc(OC(F)(F)F)cc2)n1. The molecule has 47 heavy (non-hydrogen) atoms. The number of allylic oxidation sites excluding steroid dienone is 2. The number of methoxy groups -OCH3 is 1. The number of amides is 3. The van der Waals surface area contributed by atoms with Gasteiger partial charge in [0.1, 0.15) is 18.4 Å². The first kappa shape index (κ1) is 34.9. The number of aryl methyl sites for hydroxylation is 1. The van der Waals surface area contributed by atoms with Gasteiger partial charge in [0.15, 0.2) is 5.17 Å². The van der Waals surface area contributed by atoms with Crippen LogP contribution in [0.5, 0.6) is 5.75 Å². The number of aromatic nitrogens is 3. The van der Waals surface area contributed by atoms with Crippen molar-refractivity contribution in [2.75, 3.05) is 36.3 Å². The molecular weight excluding hydrogens is 642 g/mol. The molecule has 0 unspecified atom stereocenters. The fraction of sp³-hybridized carbons (Fsp3) is 0.258. The van der Waals surface area contributed by atoms with Crippen molar-refractivity contribution in [1.82, 2.24) is 20.1 Å². The first-order chi connectivity index (χ1) is 22.4. The summed E-state index contributed by atoms with van der Waals surface area (Å²) in [4.78, 5) is 36.9. The van der Waals surface area contributed by atoms with E-state index in [-0.39, 0.29) is 41.2 Å². The molecule has 0 aliphatic carbocycles. The number of nitrogens with zero attached hydrogens (tertiary/aromatic N) is 6. The molecule has 1 aliphatic rings. The second-order valence-electron chi connectivity index (χ2n) is 10.1. The molecule has 0 saturated carbocycles. The summed E-state index contributed by atoms with van der Waals surface area (Å²) in [7, 11) is 3.26. The van der Waals surface area contributed by atoms with Gasteiger partial charge in [0, 0.05) is 26.3 Å². The number of amidine groups is 1. The Bertz CT molecular complexity index is 1720. The van der Waals surface area contributed by atoms with Crippen LogP contribution < -0.4 is 19.9 Å². The van der Waals surface area contributed by atoms with E-state index in [1.807, 2.05) is 25.1 Å². The highest BCUT2D eigenvalue weighted by atomic mass is 32.2. The van der Waals surface area contributed by atoms with Gasteiger partial charge < -0.3 is 19.7 Å². The zero-order valence-corrected chi connectivity index (χ0v) is 26.6. The lowest BCUT2D eigenvalue weighted by Gasteiger charge is -2.20. The number of alkyl halides is 3. The van der Waals surface area contributed by atoms with Crippen LogP contribution in [0.1, 0.15) is 18.1 Å². The molecule has 1 aromatic heterocycles. The molecule has 1 N–H and O–H groups in total. The molecule has 0 bridgehead atoms. The molecule has 1 fully saturated rings. The number of anilines is 2. The number of hydrogen-bond donors (Lipinski definition) is 1. The van der Waals surface area contributed by atoms with Gasteiger partial charge >= 0.3 is 12.4 Å². The number of carbonyl (C=O) groups excluding carboxylic acids is 2. The molecule has 248 valence electrons. The van der Waals surface area contributed by atoms with Crippen molar-refractivity contribution in [3.8, 4) is 11.4 Å². The lowest BCUT2D eigenvalue weighted by Crippen LogP contribution is -2.32. The first-order valence-corrected chi connectivity index (χ1v) is 15.0. The van der Waals surface area contributed by atoms with E-state index in [1.54, 1.807) is 38.1 Å². The minimum Gasteiger partial charge on any atom is -0.406 e. The van der Waals surface area contributed by atoms with Crippen LogP contribution in [0.25, 0.3) is 5.69 Å². The summed E-state index contributed by atoms with van der Waals surface area (Å²) in [6.07, 6.45) is 1.57. The first-order valence-electron chi connectivity index (χ1n) is 14.0. The summed E-state index contributed by atoms with van der Waals surface area (Å²) in [6.45, 7) is 4.20. The Hall–Kier alpha value is -4.96. The number of thioether (sulfide) groups is 1. The number of aliphatic imine (C=N–C) groups is 1. The number of nitrogens with one attached hydrogen (secondary N) is 1. The van der Waals surface area contributed by atoms with Gasteiger partial charge in [-0.15, -0.1) is 18.3 Å². The number of ether oxygens (including phenoxy) is 2. The Kier molecular flexibility index (Phi) is 11.6. The van der Waals surface area contributed by atoms with Crippen molar-refractivity contribution in [3.05, 3.63) is 95.7 Å². The fourth-order valence-electron chi connectivity index (χ4n) is 4.32. The van der Waals surface area contributed by atoms with E-state index in [1.165, 1.54) is 46.3 Å². The highest BCUT2D eigenvalue weighted by Gasteiger charge is 2.32. The molecule has 11 nitrogen and oxygen atoms in total. The minimum atomic E-state index is -4.79. The standard InChI is InChI=1S/C31H31F4N7O4S/c1-5-21(16-40(3)28-36-19-41(39-28)24-10-12-25(13-11-24)46-31(33,34)35)7-9-23(15-32)37-29(44)38-30-42(27(43)18-47-30)26-14-20(2)6-8-22(26)17-45-4/h5-15,19H,16-18H2,1-4H3,(H,37,44)/b9-7-,21-5+,23-15-,38-30-. The summed E-state index contributed by atoms with van der Waals surface area (Å²) in [5.74, 6) is -0.205.